The van der Waals surface area contributed by atoms with Crippen LogP contribution >= 0.6 is 15.9 Å². The maximum atomic E-state index is 13.2. The largest absolute Gasteiger partial charge is 0.264 e. The highest BCUT2D eigenvalue weighted by atomic mass is 79.9. The van der Waals surface area contributed by atoms with Gasteiger partial charge in [-0.3, -0.25) is 4.31 Å². The molecule has 0 aromatic heterocycles. The average molecular weight is 420 g/mol. The highest BCUT2D eigenvalue weighted by Gasteiger charge is 2.25. The molecule has 6 heteroatoms. The molecule has 0 radical (unpaired) electrons. The lowest BCUT2D eigenvalue weighted by molar-refractivity contribution is 0.589. The van der Waals surface area contributed by atoms with E-state index in [0.717, 1.165) is 22.2 Å². The molecule has 0 N–H and O–H groups in total. The molecule has 0 amide bonds. The fraction of sp³-hybridized carbons (Fsp3) is 0.0526. The second kappa shape index (κ2) is 7.37. The fourth-order valence-corrected chi connectivity index (χ4v) is 4.26. The van der Waals surface area contributed by atoms with Crippen molar-refractivity contribution in [3.63, 3.8) is 0 Å². The lowest BCUT2D eigenvalue weighted by Gasteiger charge is -2.25. The number of sulfonamides is 1. The van der Waals surface area contributed by atoms with Crippen molar-refractivity contribution in [3.05, 3.63) is 94.7 Å². The van der Waals surface area contributed by atoms with E-state index in [4.69, 9.17) is 0 Å². The van der Waals surface area contributed by atoms with Gasteiger partial charge in [-0.2, -0.15) is 0 Å². The molecule has 3 aromatic carbocycles. The van der Waals surface area contributed by atoms with Crippen LogP contribution in [0.2, 0.25) is 0 Å². The van der Waals surface area contributed by atoms with Gasteiger partial charge in [-0.05, 0) is 48.0 Å². The van der Waals surface area contributed by atoms with Gasteiger partial charge in [0.15, 0.2) is 0 Å². The Hall–Kier alpha value is -2.18. The normalized spacial score (nSPS) is 11.3. The number of rotatable bonds is 5. The Morgan fingerprint density at radius 2 is 1.56 bits per heavy atom. The number of benzene rings is 3. The van der Waals surface area contributed by atoms with Crippen LogP contribution in [0.15, 0.2) is 88.2 Å². The predicted octanol–water partition coefficient (Wildman–Crippen LogP) is 4.98. The summed E-state index contributed by atoms with van der Waals surface area (Å²) in [5, 5.41) is 0. The van der Waals surface area contributed by atoms with Crippen molar-refractivity contribution < 1.29 is 12.8 Å². The minimum atomic E-state index is -3.84. The third-order valence-electron chi connectivity index (χ3n) is 3.67. The van der Waals surface area contributed by atoms with Gasteiger partial charge in [0.2, 0.25) is 0 Å². The lowest BCUT2D eigenvalue weighted by Crippen LogP contribution is -2.30. The Kier molecular flexibility index (Phi) is 5.20. The summed E-state index contributed by atoms with van der Waals surface area (Å²) >= 11 is 3.38. The third-order valence-corrected chi connectivity index (χ3v) is 5.95. The van der Waals surface area contributed by atoms with E-state index in [0.29, 0.717) is 5.69 Å². The van der Waals surface area contributed by atoms with Gasteiger partial charge in [0.05, 0.1) is 17.1 Å². The standard InChI is InChI=1S/C19H15BrFNO2S/c20-16-7-4-8-18(13-16)22(14-15-5-2-1-3-6-15)25(23,24)19-11-9-17(21)10-12-19/h1-13H,14H2. The quantitative estimate of drug-likeness (QED) is 0.584. The SMILES string of the molecule is O=S(=O)(c1ccc(F)cc1)N(Cc1ccccc1)c1cccc(Br)c1. The summed E-state index contributed by atoms with van der Waals surface area (Å²) in [5.74, 6) is -0.476. The molecule has 0 fully saturated rings. The first-order chi connectivity index (χ1) is 12.0. The molecular weight excluding hydrogens is 405 g/mol. The highest BCUT2D eigenvalue weighted by molar-refractivity contribution is 9.10. The van der Waals surface area contributed by atoms with Gasteiger partial charge in [-0.1, -0.05) is 52.3 Å². The maximum absolute atomic E-state index is 13.2. The molecule has 0 saturated heterocycles. The Bertz CT molecular complexity index is 960. The summed E-state index contributed by atoms with van der Waals surface area (Å²) in [6, 6.07) is 21.3. The zero-order chi connectivity index (χ0) is 17.9. The first-order valence-electron chi connectivity index (χ1n) is 7.54. The summed E-state index contributed by atoms with van der Waals surface area (Å²) in [7, 11) is -3.84. The van der Waals surface area contributed by atoms with Crippen LogP contribution in [0, 0.1) is 5.82 Å². The smallest absolute Gasteiger partial charge is 0.262 e. The monoisotopic (exact) mass is 419 g/mol. The summed E-state index contributed by atoms with van der Waals surface area (Å²) in [4.78, 5) is 0.0461. The Balaban J connectivity index is 2.08. The molecule has 25 heavy (non-hydrogen) atoms. The average Bonchev–Trinajstić information content (AvgIpc) is 2.61. The fourth-order valence-electron chi connectivity index (χ4n) is 2.43. The Morgan fingerprint density at radius 3 is 2.20 bits per heavy atom. The van der Waals surface area contributed by atoms with E-state index in [-0.39, 0.29) is 11.4 Å². The molecule has 0 heterocycles. The van der Waals surface area contributed by atoms with Crippen molar-refractivity contribution >= 4 is 31.6 Å². The van der Waals surface area contributed by atoms with Gasteiger partial charge in [0.25, 0.3) is 10.0 Å². The van der Waals surface area contributed by atoms with Crippen LogP contribution in [0.5, 0.6) is 0 Å². The van der Waals surface area contributed by atoms with Crippen LogP contribution in [0.3, 0.4) is 0 Å². The zero-order valence-corrected chi connectivity index (χ0v) is 15.5. The second-order valence-electron chi connectivity index (χ2n) is 5.43. The van der Waals surface area contributed by atoms with E-state index in [2.05, 4.69) is 15.9 Å². The lowest BCUT2D eigenvalue weighted by atomic mass is 10.2. The predicted molar refractivity (Wildman–Crippen MR) is 100 cm³/mol. The van der Waals surface area contributed by atoms with Crippen LogP contribution in [0.1, 0.15) is 5.56 Å². The van der Waals surface area contributed by atoms with E-state index in [9.17, 15) is 12.8 Å². The van der Waals surface area contributed by atoms with Gasteiger partial charge in [-0.15, -0.1) is 0 Å². The van der Waals surface area contributed by atoms with Crippen molar-refractivity contribution in [2.45, 2.75) is 11.4 Å². The summed E-state index contributed by atoms with van der Waals surface area (Å²) in [6.45, 7) is 0.178. The van der Waals surface area contributed by atoms with E-state index in [1.54, 1.807) is 18.2 Å². The number of hydrogen-bond acceptors (Lipinski definition) is 2. The van der Waals surface area contributed by atoms with Gasteiger partial charge in [-0.25, -0.2) is 12.8 Å². The van der Waals surface area contributed by atoms with Crippen molar-refractivity contribution in [3.8, 4) is 0 Å². The number of anilines is 1. The molecule has 0 aliphatic carbocycles. The van der Waals surface area contributed by atoms with Gasteiger partial charge in [0.1, 0.15) is 5.82 Å². The van der Waals surface area contributed by atoms with Gasteiger partial charge in [0, 0.05) is 4.47 Å². The molecular formula is C19H15BrFNO2S. The molecule has 0 aliphatic rings. The number of nitrogens with zero attached hydrogens (tertiary/aromatic N) is 1. The molecule has 128 valence electrons. The third kappa shape index (κ3) is 4.08. The zero-order valence-electron chi connectivity index (χ0n) is 13.1. The van der Waals surface area contributed by atoms with Crippen molar-refractivity contribution in [1.82, 2.24) is 0 Å². The molecule has 3 rings (SSSR count). The van der Waals surface area contributed by atoms with Gasteiger partial charge < -0.3 is 0 Å². The molecule has 0 aliphatic heterocycles. The minimum absolute atomic E-state index is 0.0461. The molecule has 0 unspecified atom stereocenters. The molecule has 3 aromatic rings. The first kappa shape index (κ1) is 17.6. The van der Waals surface area contributed by atoms with Crippen molar-refractivity contribution in [2.24, 2.45) is 0 Å². The van der Waals surface area contributed by atoms with Crippen molar-refractivity contribution in [1.29, 1.82) is 0 Å². The molecule has 0 spiro atoms. The highest BCUT2D eigenvalue weighted by Crippen LogP contribution is 2.28. The summed E-state index contributed by atoms with van der Waals surface area (Å²) in [6.07, 6.45) is 0. The molecule has 0 atom stereocenters. The van der Waals surface area contributed by atoms with Crippen LogP contribution in [0.4, 0.5) is 10.1 Å². The summed E-state index contributed by atoms with van der Waals surface area (Å²) < 4.78 is 41.6. The van der Waals surface area contributed by atoms with E-state index in [1.165, 1.54) is 16.4 Å². The van der Waals surface area contributed by atoms with Gasteiger partial charge >= 0.3 is 0 Å². The Morgan fingerprint density at radius 1 is 0.880 bits per heavy atom. The van der Waals surface area contributed by atoms with Crippen LogP contribution in [-0.2, 0) is 16.6 Å². The van der Waals surface area contributed by atoms with Crippen LogP contribution < -0.4 is 4.31 Å². The number of hydrogen-bond donors (Lipinski definition) is 0. The van der Waals surface area contributed by atoms with E-state index >= 15 is 0 Å². The maximum Gasteiger partial charge on any atom is 0.264 e. The molecule has 3 nitrogen and oxygen atoms in total. The number of halogens is 2. The van der Waals surface area contributed by atoms with E-state index < -0.39 is 15.8 Å². The topological polar surface area (TPSA) is 37.4 Å². The second-order valence-corrected chi connectivity index (χ2v) is 8.21. The van der Waals surface area contributed by atoms with E-state index in [1.807, 2.05) is 36.4 Å². The minimum Gasteiger partial charge on any atom is -0.262 e. The summed E-state index contributed by atoms with van der Waals surface area (Å²) in [5.41, 5.74) is 1.38. The molecule has 0 bridgehead atoms. The Labute approximate surface area is 154 Å². The molecule has 0 saturated carbocycles. The first-order valence-corrected chi connectivity index (χ1v) is 9.78. The van der Waals surface area contributed by atoms with Crippen LogP contribution in [0.25, 0.3) is 0 Å². The van der Waals surface area contributed by atoms with Crippen molar-refractivity contribution in [2.75, 3.05) is 4.31 Å². The van der Waals surface area contributed by atoms with Crippen LogP contribution in [-0.4, -0.2) is 8.42 Å².